The summed E-state index contributed by atoms with van der Waals surface area (Å²) in [5, 5.41) is 6.95. The van der Waals surface area contributed by atoms with Crippen LogP contribution in [0.3, 0.4) is 0 Å². The van der Waals surface area contributed by atoms with Crippen LogP contribution in [-0.4, -0.2) is 24.0 Å². The molecule has 2 heterocycles. The second-order valence-electron chi connectivity index (χ2n) is 7.46. The molecule has 2 N–H and O–H groups in total. The number of nitrogens with one attached hydrogen (secondary N) is 2. The van der Waals surface area contributed by atoms with E-state index in [2.05, 4.69) is 34.9 Å². The lowest BCUT2D eigenvalue weighted by Crippen LogP contribution is -2.48. The molecule has 3 atom stereocenters. The number of hydrogen-bond donors (Lipinski definition) is 2. The first-order valence-electron chi connectivity index (χ1n) is 8.88. The van der Waals surface area contributed by atoms with Gasteiger partial charge >= 0.3 is 0 Å². The number of piperidine rings is 1. The Morgan fingerprint density at radius 2 is 1.78 bits per heavy atom. The fraction of sp³-hybridized carbons (Fsp3) is 0.632. The molecule has 2 fully saturated rings. The highest BCUT2D eigenvalue weighted by molar-refractivity contribution is 5.85. The van der Waals surface area contributed by atoms with Gasteiger partial charge in [0.25, 0.3) is 0 Å². The lowest BCUT2D eigenvalue weighted by molar-refractivity contribution is -0.123. The van der Waals surface area contributed by atoms with Crippen LogP contribution in [0.2, 0.25) is 0 Å². The fourth-order valence-corrected chi connectivity index (χ4v) is 4.67. The maximum absolute atomic E-state index is 12.4. The first-order chi connectivity index (χ1) is 10.8. The van der Waals surface area contributed by atoms with Gasteiger partial charge in [-0.2, -0.15) is 0 Å². The molecule has 0 radical (unpaired) electrons. The van der Waals surface area contributed by atoms with E-state index in [4.69, 9.17) is 0 Å². The summed E-state index contributed by atoms with van der Waals surface area (Å²) in [6.45, 7) is 0. The highest BCUT2D eigenvalue weighted by Gasteiger charge is 2.34. The lowest BCUT2D eigenvalue weighted by Gasteiger charge is -2.30. The van der Waals surface area contributed by atoms with Crippen LogP contribution < -0.4 is 10.6 Å². The summed E-state index contributed by atoms with van der Waals surface area (Å²) < 4.78 is 0. The minimum atomic E-state index is 0. The van der Waals surface area contributed by atoms with E-state index in [0.29, 0.717) is 30.5 Å². The summed E-state index contributed by atoms with van der Waals surface area (Å²) in [5.41, 5.74) is 2.93. The van der Waals surface area contributed by atoms with Crippen LogP contribution in [0.5, 0.6) is 0 Å². The number of carbonyl (C=O) groups is 1. The molecule has 0 saturated carbocycles. The molecule has 23 heavy (non-hydrogen) atoms. The largest absolute Gasteiger partial charge is 0.353 e. The number of benzene rings is 1. The van der Waals surface area contributed by atoms with Crippen molar-refractivity contribution in [3.05, 3.63) is 35.4 Å². The van der Waals surface area contributed by atoms with Crippen LogP contribution in [-0.2, 0) is 17.6 Å². The summed E-state index contributed by atoms with van der Waals surface area (Å²) in [7, 11) is 0. The van der Waals surface area contributed by atoms with Crippen molar-refractivity contribution in [1.82, 2.24) is 10.6 Å². The van der Waals surface area contributed by atoms with Crippen molar-refractivity contribution in [2.24, 2.45) is 5.92 Å². The molecular weight excluding hydrogens is 308 g/mol. The maximum Gasteiger partial charge on any atom is 0.220 e. The lowest BCUT2D eigenvalue weighted by atomic mass is 9.82. The average Bonchev–Trinajstić information content (AvgIpc) is 2.86. The van der Waals surface area contributed by atoms with Crippen molar-refractivity contribution >= 4 is 18.3 Å². The highest BCUT2D eigenvalue weighted by Crippen LogP contribution is 2.29. The van der Waals surface area contributed by atoms with Crippen LogP contribution in [0, 0.1) is 5.92 Å². The molecule has 4 rings (SSSR count). The summed E-state index contributed by atoms with van der Waals surface area (Å²) >= 11 is 0. The first-order valence-corrected chi connectivity index (χ1v) is 8.88. The normalized spacial score (nSPS) is 31.8. The molecule has 0 aromatic heterocycles. The molecular formula is C19H27ClN2O. The van der Waals surface area contributed by atoms with Crippen molar-refractivity contribution in [3.8, 4) is 0 Å². The SMILES string of the molecule is Cl.O=C(CC1CCc2ccccc2C1)NC1CC2CCC(C1)N2. The summed E-state index contributed by atoms with van der Waals surface area (Å²) in [4.78, 5) is 12.4. The average molecular weight is 335 g/mol. The van der Waals surface area contributed by atoms with Gasteiger partial charge < -0.3 is 10.6 Å². The van der Waals surface area contributed by atoms with Crippen LogP contribution in [0.15, 0.2) is 24.3 Å². The molecule has 1 amide bonds. The zero-order valence-electron chi connectivity index (χ0n) is 13.6. The second-order valence-corrected chi connectivity index (χ2v) is 7.46. The highest BCUT2D eigenvalue weighted by atomic mass is 35.5. The third kappa shape index (κ3) is 3.89. The van der Waals surface area contributed by atoms with E-state index in [-0.39, 0.29) is 18.3 Å². The van der Waals surface area contributed by atoms with Gasteiger partial charge in [0, 0.05) is 24.5 Å². The van der Waals surface area contributed by atoms with Crippen molar-refractivity contribution < 1.29 is 4.79 Å². The molecule has 2 aliphatic heterocycles. The Morgan fingerprint density at radius 1 is 1.09 bits per heavy atom. The van der Waals surface area contributed by atoms with Gasteiger partial charge in [-0.25, -0.2) is 0 Å². The van der Waals surface area contributed by atoms with Crippen molar-refractivity contribution in [2.45, 2.75) is 69.5 Å². The van der Waals surface area contributed by atoms with Crippen LogP contribution in [0.1, 0.15) is 49.7 Å². The van der Waals surface area contributed by atoms with Gasteiger partial charge in [-0.3, -0.25) is 4.79 Å². The standard InChI is InChI=1S/C19H26N2O.ClH/c22-19(21-18-11-16-7-8-17(12-18)20-16)10-13-5-6-14-3-1-2-4-15(14)9-13;/h1-4,13,16-18,20H,5-12H2,(H,21,22);1H. The minimum absolute atomic E-state index is 0. The van der Waals surface area contributed by atoms with Crippen molar-refractivity contribution in [2.75, 3.05) is 0 Å². The zero-order chi connectivity index (χ0) is 14.9. The molecule has 4 heteroatoms. The third-order valence-corrected chi connectivity index (χ3v) is 5.76. The van der Waals surface area contributed by atoms with E-state index in [1.807, 2.05) is 0 Å². The molecule has 1 aliphatic carbocycles. The molecule has 2 bridgehead atoms. The van der Waals surface area contributed by atoms with E-state index in [0.717, 1.165) is 32.1 Å². The summed E-state index contributed by atoms with van der Waals surface area (Å²) in [5.74, 6) is 0.795. The monoisotopic (exact) mass is 334 g/mol. The predicted molar refractivity (Wildman–Crippen MR) is 94.9 cm³/mol. The minimum Gasteiger partial charge on any atom is -0.353 e. The number of hydrogen-bond acceptors (Lipinski definition) is 2. The Bertz CT molecular complexity index is 550. The van der Waals surface area contributed by atoms with Gasteiger partial charge in [0.2, 0.25) is 5.91 Å². The molecule has 1 aromatic rings. The van der Waals surface area contributed by atoms with E-state index in [1.54, 1.807) is 0 Å². The topological polar surface area (TPSA) is 41.1 Å². The fourth-order valence-electron chi connectivity index (χ4n) is 4.67. The van der Waals surface area contributed by atoms with Gasteiger partial charge in [-0.1, -0.05) is 24.3 Å². The molecule has 3 aliphatic rings. The van der Waals surface area contributed by atoms with Gasteiger partial charge in [-0.05, 0) is 62.0 Å². The maximum atomic E-state index is 12.4. The van der Waals surface area contributed by atoms with Gasteiger partial charge in [0.15, 0.2) is 0 Å². The number of amides is 1. The Labute approximate surface area is 145 Å². The van der Waals surface area contributed by atoms with E-state index in [1.165, 1.54) is 24.0 Å². The van der Waals surface area contributed by atoms with Crippen LogP contribution in [0.4, 0.5) is 0 Å². The van der Waals surface area contributed by atoms with E-state index >= 15 is 0 Å². The Hall–Kier alpha value is -1.06. The Balaban J connectivity index is 0.00000156. The van der Waals surface area contributed by atoms with Crippen molar-refractivity contribution in [3.63, 3.8) is 0 Å². The number of carbonyl (C=O) groups excluding carboxylic acids is 1. The number of rotatable bonds is 3. The van der Waals surface area contributed by atoms with Crippen molar-refractivity contribution in [1.29, 1.82) is 0 Å². The van der Waals surface area contributed by atoms with Gasteiger partial charge in [-0.15, -0.1) is 12.4 Å². The van der Waals surface area contributed by atoms with Crippen LogP contribution >= 0.6 is 12.4 Å². The molecule has 126 valence electrons. The molecule has 1 aromatic carbocycles. The summed E-state index contributed by atoms with van der Waals surface area (Å²) in [6, 6.07) is 10.4. The number of aryl methyl sites for hydroxylation is 1. The smallest absolute Gasteiger partial charge is 0.220 e. The molecule has 0 spiro atoms. The summed E-state index contributed by atoms with van der Waals surface area (Å²) in [6.07, 6.45) is 8.88. The Kier molecular flexibility index (Phi) is 5.27. The first kappa shape index (κ1) is 16.8. The molecule has 2 saturated heterocycles. The van der Waals surface area contributed by atoms with E-state index in [9.17, 15) is 4.79 Å². The quantitative estimate of drug-likeness (QED) is 0.892. The number of fused-ring (bicyclic) bond motifs is 3. The predicted octanol–water partition coefficient (Wildman–Crippen LogP) is 3.00. The number of halogens is 1. The van der Waals surface area contributed by atoms with Crippen LogP contribution in [0.25, 0.3) is 0 Å². The Morgan fingerprint density at radius 3 is 2.52 bits per heavy atom. The second kappa shape index (κ2) is 7.23. The third-order valence-electron chi connectivity index (χ3n) is 5.76. The molecule has 3 unspecified atom stereocenters. The van der Waals surface area contributed by atoms with Gasteiger partial charge in [0.05, 0.1) is 0 Å². The van der Waals surface area contributed by atoms with E-state index < -0.39 is 0 Å². The van der Waals surface area contributed by atoms with Gasteiger partial charge in [0.1, 0.15) is 0 Å². The zero-order valence-corrected chi connectivity index (χ0v) is 14.4. The molecule has 3 nitrogen and oxygen atoms in total.